The number of ether oxygens (including phenoxy) is 1. The van der Waals surface area contributed by atoms with Crippen molar-refractivity contribution in [3.8, 4) is 0 Å². The van der Waals surface area contributed by atoms with Gasteiger partial charge in [-0.25, -0.2) is 4.79 Å². The van der Waals surface area contributed by atoms with E-state index in [9.17, 15) is 4.79 Å². The van der Waals surface area contributed by atoms with Gasteiger partial charge >= 0.3 is 6.09 Å². The van der Waals surface area contributed by atoms with Gasteiger partial charge < -0.3 is 14.9 Å². The predicted molar refractivity (Wildman–Crippen MR) is 33.0 cm³/mol. The van der Waals surface area contributed by atoms with Gasteiger partial charge in [0.15, 0.2) is 6.79 Å². The van der Waals surface area contributed by atoms with Crippen molar-refractivity contribution in [1.29, 1.82) is 0 Å². The van der Waals surface area contributed by atoms with Crippen LogP contribution in [-0.4, -0.2) is 41.3 Å². The fraction of sp³-hybridized carbons (Fsp3) is 0.800. The van der Waals surface area contributed by atoms with Gasteiger partial charge in [0.25, 0.3) is 0 Å². The SMILES string of the molecule is CCN(CO)C(=O)OCO. The number of rotatable bonds is 3. The zero-order valence-electron chi connectivity index (χ0n) is 5.78. The zero-order valence-corrected chi connectivity index (χ0v) is 5.78. The summed E-state index contributed by atoms with van der Waals surface area (Å²) >= 11 is 0. The molecule has 5 nitrogen and oxygen atoms in total. The van der Waals surface area contributed by atoms with Crippen molar-refractivity contribution in [2.45, 2.75) is 6.92 Å². The lowest BCUT2D eigenvalue weighted by atomic mass is 10.6. The molecule has 0 aliphatic heterocycles. The molecular weight excluding hydrogens is 138 g/mol. The molecule has 0 saturated heterocycles. The van der Waals surface area contributed by atoms with E-state index in [0.717, 1.165) is 4.90 Å². The highest BCUT2D eigenvalue weighted by Crippen LogP contribution is 1.89. The fourth-order valence-electron chi connectivity index (χ4n) is 0.433. The molecule has 0 aliphatic rings. The summed E-state index contributed by atoms with van der Waals surface area (Å²) in [6.07, 6.45) is -0.715. The van der Waals surface area contributed by atoms with Gasteiger partial charge in [0.1, 0.15) is 6.73 Å². The van der Waals surface area contributed by atoms with Gasteiger partial charge in [-0.3, -0.25) is 4.90 Å². The first-order chi connectivity index (χ1) is 4.76. The van der Waals surface area contributed by atoms with Crippen LogP contribution in [0.25, 0.3) is 0 Å². The Morgan fingerprint density at radius 3 is 2.50 bits per heavy atom. The number of aliphatic hydroxyl groups is 2. The molecule has 2 N–H and O–H groups in total. The first kappa shape index (κ1) is 9.19. The van der Waals surface area contributed by atoms with Crippen LogP contribution in [0.3, 0.4) is 0 Å². The highest BCUT2D eigenvalue weighted by atomic mass is 16.6. The maximum atomic E-state index is 10.6. The summed E-state index contributed by atoms with van der Waals surface area (Å²) in [5.41, 5.74) is 0. The van der Waals surface area contributed by atoms with E-state index in [-0.39, 0.29) is 0 Å². The summed E-state index contributed by atoms with van der Waals surface area (Å²) in [6.45, 7) is 0.995. The van der Waals surface area contributed by atoms with Gasteiger partial charge in [0.05, 0.1) is 0 Å². The van der Waals surface area contributed by atoms with Crippen molar-refractivity contribution in [2.75, 3.05) is 20.1 Å². The molecule has 10 heavy (non-hydrogen) atoms. The average Bonchev–Trinajstić information content (AvgIpc) is 1.91. The molecule has 0 fully saturated rings. The summed E-state index contributed by atoms with van der Waals surface area (Å²) in [5.74, 6) is 0. The van der Waals surface area contributed by atoms with Crippen LogP contribution >= 0.6 is 0 Å². The van der Waals surface area contributed by atoms with Gasteiger partial charge in [0, 0.05) is 6.54 Å². The minimum Gasteiger partial charge on any atom is -0.422 e. The minimum absolute atomic E-state index is 0.356. The number of amides is 1. The van der Waals surface area contributed by atoms with Crippen LogP contribution in [0.15, 0.2) is 0 Å². The largest absolute Gasteiger partial charge is 0.422 e. The maximum Gasteiger partial charge on any atom is 0.413 e. The highest BCUT2D eigenvalue weighted by Gasteiger charge is 2.09. The second kappa shape index (κ2) is 5.01. The highest BCUT2D eigenvalue weighted by molar-refractivity contribution is 5.67. The van der Waals surface area contributed by atoms with Crippen molar-refractivity contribution in [3.05, 3.63) is 0 Å². The molecule has 5 heteroatoms. The molecular formula is C5H11NO4. The van der Waals surface area contributed by atoms with Crippen molar-refractivity contribution in [1.82, 2.24) is 4.90 Å². The topological polar surface area (TPSA) is 70.0 Å². The molecule has 0 spiro atoms. The van der Waals surface area contributed by atoms with E-state index < -0.39 is 19.6 Å². The van der Waals surface area contributed by atoms with Crippen molar-refractivity contribution < 1.29 is 19.7 Å². The van der Waals surface area contributed by atoms with E-state index in [2.05, 4.69) is 4.74 Å². The van der Waals surface area contributed by atoms with Crippen LogP contribution in [0, 0.1) is 0 Å². The lowest BCUT2D eigenvalue weighted by molar-refractivity contribution is 0.00758. The molecule has 0 unspecified atom stereocenters. The second-order valence-corrected chi connectivity index (χ2v) is 1.54. The normalized spacial score (nSPS) is 9.10. The second-order valence-electron chi connectivity index (χ2n) is 1.54. The fourth-order valence-corrected chi connectivity index (χ4v) is 0.433. The third-order valence-corrected chi connectivity index (χ3v) is 0.999. The van der Waals surface area contributed by atoms with Gasteiger partial charge in [0.2, 0.25) is 0 Å². The third-order valence-electron chi connectivity index (χ3n) is 0.999. The Hall–Kier alpha value is -0.810. The van der Waals surface area contributed by atoms with Crippen molar-refractivity contribution in [2.24, 2.45) is 0 Å². The lowest BCUT2D eigenvalue weighted by Gasteiger charge is -2.15. The van der Waals surface area contributed by atoms with Crippen LogP contribution in [0.4, 0.5) is 4.79 Å². The lowest BCUT2D eigenvalue weighted by Crippen LogP contribution is -2.32. The van der Waals surface area contributed by atoms with Gasteiger partial charge in [-0.05, 0) is 6.92 Å². The van der Waals surface area contributed by atoms with Crippen LogP contribution in [0.5, 0.6) is 0 Å². The van der Waals surface area contributed by atoms with Crippen molar-refractivity contribution in [3.63, 3.8) is 0 Å². The Morgan fingerprint density at radius 1 is 1.60 bits per heavy atom. The van der Waals surface area contributed by atoms with E-state index in [0.29, 0.717) is 6.54 Å². The summed E-state index contributed by atoms with van der Waals surface area (Å²) in [6, 6.07) is 0. The minimum atomic E-state index is -0.715. The first-order valence-corrected chi connectivity index (χ1v) is 2.89. The molecule has 0 saturated carbocycles. The third kappa shape index (κ3) is 2.65. The summed E-state index contributed by atoms with van der Waals surface area (Å²) < 4.78 is 4.17. The number of hydrogen-bond acceptors (Lipinski definition) is 4. The van der Waals surface area contributed by atoms with Crippen LogP contribution in [0.1, 0.15) is 6.92 Å². The number of aliphatic hydroxyl groups excluding tert-OH is 2. The molecule has 0 rings (SSSR count). The first-order valence-electron chi connectivity index (χ1n) is 2.89. The molecule has 60 valence electrons. The summed E-state index contributed by atoms with van der Waals surface area (Å²) in [7, 11) is 0. The summed E-state index contributed by atoms with van der Waals surface area (Å²) in [5, 5.41) is 16.6. The van der Waals surface area contributed by atoms with Gasteiger partial charge in [-0.2, -0.15) is 0 Å². The smallest absolute Gasteiger partial charge is 0.413 e. The number of nitrogens with zero attached hydrogens (tertiary/aromatic N) is 1. The Morgan fingerprint density at radius 2 is 2.20 bits per heavy atom. The Balaban J connectivity index is 3.65. The maximum absolute atomic E-state index is 10.6. The number of carbonyl (C=O) groups is 1. The molecule has 1 amide bonds. The molecule has 0 heterocycles. The Labute approximate surface area is 58.8 Å². The monoisotopic (exact) mass is 149 g/mol. The van der Waals surface area contributed by atoms with E-state index in [4.69, 9.17) is 10.2 Å². The quantitative estimate of drug-likeness (QED) is 0.523. The molecule has 0 radical (unpaired) electrons. The van der Waals surface area contributed by atoms with Crippen LogP contribution in [0.2, 0.25) is 0 Å². The molecule has 0 bridgehead atoms. The van der Waals surface area contributed by atoms with Crippen LogP contribution < -0.4 is 0 Å². The molecule has 0 atom stereocenters. The predicted octanol–water partition coefficient (Wildman–Crippen LogP) is -0.656. The van der Waals surface area contributed by atoms with Crippen molar-refractivity contribution >= 4 is 6.09 Å². The van der Waals surface area contributed by atoms with E-state index in [1.807, 2.05) is 0 Å². The number of hydrogen-bond donors (Lipinski definition) is 2. The molecule has 0 aliphatic carbocycles. The van der Waals surface area contributed by atoms with Gasteiger partial charge in [-0.15, -0.1) is 0 Å². The van der Waals surface area contributed by atoms with E-state index in [1.165, 1.54) is 0 Å². The van der Waals surface area contributed by atoms with E-state index >= 15 is 0 Å². The zero-order chi connectivity index (χ0) is 7.98. The number of carbonyl (C=O) groups excluding carboxylic acids is 1. The molecule has 0 aromatic rings. The summed E-state index contributed by atoms with van der Waals surface area (Å²) in [4.78, 5) is 11.6. The molecule has 0 aromatic carbocycles. The standard InChI is InChI=1S/C5H11NO4/c1-2-6(3-7)5(9)10-4-8/h7-8H,2-4H2,1H3. The van der Waals surface area contributed by atoms with Gasteiger partial charge in [-0.1, -0.05) is 0 Å². The Bertz CT molecular complexity index is 102. The Kier molecular flexibility index (Phi) is 4.61. The van der Waals surface area contributed by atoms with Crippen LogP contribution in [-0.2, 0) is 4.74 Å². The average molecular weight is 149 g/mol. The van der Waals surface area contributed by atoms with E-state index in [1.54, 1.807) is 6.92 Å². The molecule has 0 aromatic heterocycles.